The van der Waals surface area contributed by atoms with Crippen molar-refractivity contribution in [3.63, 3.8) is 0 Å². The zero-order chi connectivity index (χ0) is 6.69. The number of nitrogens with zero attached hydrogens (tertiary/aromatic N) is 1. The van der Waals surface area contributed by atoms with E-state index in [0.29, 0.717) is 5.92 Å². The van der Waals surface area contributed by atoms with Crippen molar-refractivity contribution in [1.29, 1.82) is 0 Å². The average molecular weight is 140 g/mol. The highest BCUT2D eigenvalue weighted by molar-refractivity contribution is 7.09. The first-order valence-corrected chi connectivity index (χ1v) is 3.91. The first-order chi connectivity index (χ1) is 4.29. The van der Waals surface area contributed by atoms with Gasteiger partial charge in [0.2, 0.25) is 0 Å². The Hall–Kier alpha value is -0.370. The fourth-order valence-electron chi connectivity index (χ4n) is 0.663. The summed E-state index contributed by atoms with van der Waals surface area (Å²) in [6.07, 6.45) is 2.83. The Bertz CT molecular complexity index is 155. The molecule has 49 valence electrons. The average Bonchev–Trinajstić information content (AvgIpc) is 2.15. The quantitative estimate of drug-likeness (QED) is 0.613. The van der Waals surface area contributed by atoms with Crippen LogP contribution in [-0.2, 0) is 6.42 Å². The monoisotopic (exact) mass is 140 g/mol. The van der Waals surface area contributed by atoms with Gasteiger partial charge in [0.1, 0.15) is 0 Å². The van der Waals surface area contributed by atoms with E-state index in [4.69, 9.17) is 0 Å². The summed E-state index contributed by atoms with van der Waals surface area (Å²) in [6.45, 7) is 4.39. The Balaban J connectivity index is 2.48. The molecule has 0 saturated carbocycles. The standard InChI is InChI=1S/C7H10NS/c1-6(2)5-7-8-3-4-9-7/h3,6H,5H2,1-2H3. The van der Waals surface area contributed by atoms with E-state index in [0.717, 1.165) is 6.42 Å². The van der Waals surface area contributed by atoms with E-state index in [2.05, 4.69) is 24.2 Å². The van der Waals surface area contributed by atoms with Gasteiger partial charge in [0.15, 0.2) is 0 Å². The van der Waals surface area contributed by atoms with E-state index >= 15 is 0 Å². The van der Waals surface area contributed by atoms with Crippen LogP contribution in [0.2, 0.25) is 0 Å². The molecule has 0 amide bonds. The van der Waals surface area contributed by atoms with Crippen LogP contribution in [0.4, 0.5) is 0 Å². The molecule has 9 heavy (non-hydrogen) atoms. The molecule has 0 bridgehead atoms. The largest absolute Gasteiger partial charge is 0.249 e. The maximum Gasteiger partial charge on any atom is 0.0934 e. The normalized spacial score (nSPS) is 10.6. The molecule has 1 radical (unpaired) electrons. The lowest BCUT2D eigenvalue weighted by atomic mass is 10.1. The van der Waals surface area contributed by atoms with Gasteiger partial charge in [-0.3, -0.25) is 0 Å². The second kappa shape index (κ2) is 2.97. The predicted octanol–water partition coefficient (Wildman–Crippen LogP) is 2.14. The maximum atomic E-state index is 4.12. The van der Waals surface area contributed by atoms with E-state index in [-0.39, 0.29) is 0 Å². The molecule has 0 aliphatic rings. The SMILES string of the molecule is CC(C)Cc1nc[c]s1. The summed E-state index contributed by atoms with van der Waals surface area (Å²) in [6, 6.07) is 0. The molecule has 0 aromatic carbocycles. The zero-order valence-electron chi connectivity index (χ0n) is 5.72. The highest BCUT2D eigenvalue weighted by Gasteiger charge is 1.97. The molecule has 1 nitrogen and oxygen atoms in total. The first kappa shape index (κ1) is 6.75. The van der Waals surface area contributed by atoms with Gasteiger partial charge in [-0.1, -0.05) is 13.8 Å². The molecule has 0 saturated heterocycles. The number of rotatable bonds is 2. The lowest BCUT2D eigenvalue weighted by Crippen LogP contribution is -1.91. The van der Waals surface area contributed by atoms with Gasteiger partial charge in [-0.2, -0.15) is 0 Å². The molecule has 2 heteroatoms. The number of hydrogen-bond acceptors (Lipinski definition) is 2. The third-order valence-electron chi connectivity index (χ3n) is 1.02. The van der Waals surface area contributed by atoms with Gasteiger partial charge in [-0.15, -0.1) is 11.3 Å². The number of thiazole rings is 1. The van der Waals surface area contributed by atoms with Gasteiger partial charge >= 0.3 is 0 Å². The van der Waals surface area contributed by atoms with Crippen molar-refractivity contribution in [2.45, 2.75) is 20.3 Å². The molecule has 0 fully saturated rings. The summed E-state index contributed by atoms with van der Waals surface area (Å²) >= 11 is 1.62. The summed E-state index contributed by atoms with van der Waals surface area (Å²) in [4.78, 5) is 4.12. The van der Waals surface area contributed by atoms with E-state index < -0.39 is 0 Å². The van der Waals surface area contributed by atoms with Crippen molar-refractivity contribution in [1.82, 2.24) is 4.98 Å². The van der Waals surface area contributed by atoms with Crippen LogP contribution in [0.5, 0.6) is 0 Å². The smallest absolute Gasteiger partial charge is 0.0934 e. The van der Waals surface area contributed by atoms with E-state index in [9.17, 15) is 0 Å². The van der Waals surface area contributed by atoms with Crippen LogP contribution < -0.4 is 0 Å². The fraction of sp³-hybridized carbons (Fsp3) is 0.571. The zero-order valence-corrected chi connectivity index (χ0v) is 6.53. The van der Waals surface area contributed by atoms with Crippen LogP contribution in [-0.4, -0.2) is 4.98 Å². The van der Waals surface area contributed by atoms with Crippen molar-refractivity contribution in [2.24, 2.45) is 5.92 Å². The minimum atomic E-state index is 0.713. The maximum absolute atomic E-state index is 4.12. The Kier molecular flexibility index (Phi) is 2.22. The van der Waals surface area contributed by atoms with Crippen LogP contribution in [0.3, 0.4) is 0 Å². The molecule has 0 aliphatic carbocycles. The molecule has 1 heterocycles. The topological polar surface area (TPSA) is 12.9 Å². The second-order valence-electron chi connectivity index (χ2n) is 2.47. The minimum absolute atomic E-state index is 0.713. The third-order valence-corrected chi connectivity index (χ3v) is 1.75. The molecule has 1 rings (SSSR count). The lowest BCUT2D eigenvalue weighted by Gasteiger charge is -1.97. The van der Waals surface area contributed by atoms with Gasteiger partial charge in [-0.25, -0.2) is 4.98 Å². The van der Waals surface area contributed by atoms with Gasteiger partial charge in [-0.05, 0) is 5.92 Å². The number of aromatic nitrogens is 1. The molecule has 1 aromatic heterocycles. The van der Waals surface area contributed by atoms with Crippen molar-refractivity contribution < 1.29 is 0 Å². The first-order valence-electron chi connectivity index (χ1n) is 3.10. The second-order valence-corrected chi connectivity index (χ2v) is 3.38. The van der Waals surface area contributed by atoms with Crippen molar-refractivity contribution >= 4 is 11.3 Å². The van der Waals surface area contributed by atoms with Crippen molar-refractivity contribution in [2.75, 3.05) is 0 Å². The molecule has 1 aromatic rings. The van der Waals surface area contributed by atoms with Crippen molar-refractivity contribution in [3.05, 3.63) is 16.6 Å². The summed E-state index contributed by atoms with van der Waals surface area (Å²) in [7, 11) is 0. The predicted molar refractivity (Wildman–Crippen MR) is 39.5 cm³/mol. The molecular formula is C7H10NS. The minimum Gasteiger partial charge on any atom is -0.249 e. The lowest BCUT2D eigenvalue weighted by molar-refractivity contribution is 0.644. The molecule has 0 spiro atoms. The van der Waals surface area contributed by atoms with Crippen LogP contribution >= 0.6 is 11.3 Å². The van der Waals surface area contributed by atoms with Crippen LogP contribution in [0.25, 0.3) is 0 Å². The number of hydrogen-bond donors (Lipinski definition) is 0. The van der Waals surface area contributed by atoms with Gasteiger partial charge in [0.05, 0.1) is 10.4 Å². The molecular weight excluding hydrogens is 130 g/mol. The Morgan fingerprint density at radius 3 is 3.00 bits per heavy atom. The van der Waals surface area contributed by atoms with Crippen LogP contribution in [0.15, 0.2) is 6.20 Å². The van der Waals surface area contributed by atoms with E-state index in [1.807, 2.05) is 0 Å². The molecule has 0 N–H and O–H groups in total. The molecule has 0 aliphatic heterocycles. The summed E-state index contributed by atoms with van der Waals surface area (Å²) in [5.74, 6) is 0.713. The molecule has 0 unspecified atom stereocenters. The molecule has 0 atom stereocenters. The highest BCUT2D eigenvalue weighted by atomic mass is 32.1. The Morgan fingerprint density at radius 1 is 1.78 bits per heavy atom. The Morgan fingerprint density at radius 2 is 2.56 bits per heavy atom. The van der Waals surface area contributed by atoms with Crippen LogP contribution in [0.1, 0.15) is 18.9 Å². The van der Waals surface area contributed by atoms with Gasteiger partial charge < -0.3 is 0 Å². The summed E-state index contributed by atoms with van der Waals surface area (Å²) in [5, 5.41) is 4.16. The fourth-order valence-corrected chi connectivity index (χ4v) is 1.43. The third kappa shape index (κ3) is 2.14. The van der Waals surface area contributed by atoms with Crippen molar-refractivity contribution in [3.8, 4) is 0 Å². The Labute approximate surface area is 59.8 Å². The summed E-state index contributed by atoms with van der Waals surface area (Å²) in [5.41, 5.74) is 0. The van der Waals surface area contributed by atoms with E-state index in [1.165, 1.54) is 5.01 Å². The summed E-state index contributed by atoms with van der Waals surface area (Å²) < 4.78 is 0. The van der Waals surface area contributed by atoms with Gasteiger partial charge in [0, 0.05) is 12.6 Å². The highest BCUT2D eigenvalue weighted by Crippen LogP contribution is 2.08. The van der Waals surface area contributed by atoms with Crippen LogP contribution in [0, 0.1) is 11.3 Å². The van der Waals surface area contributed by atoms with E-state index in [1.54, 1.807) is 17.5 Å². The van der Waals surface area contributed by atoms with Gasteiger partial charge in [0.25, 0.3) is 0 Å².